The summed E-state index contributed by atoms with van der Waals surface area (Å²) in [7, 11) is 1.68. The summed E-state index contributed by atoms with van der Waals surface area (Å²) in [6.45, 7) is 4.88. The third kappa shape index (κ3) is 8.66. The standard InChI is InChI=1S/C31H41N5O7/c1-3-4-18-43-31(41)35-16-14-34(15-17-35)30(40)25(10-11-28(37)38)33-29(39)27-20-23(36-13-12-24(21-36)42-2)19-26(32-27)22-8-6-5-7-9-22/h5-9,19-20,24-25H,3-4,10-18,21H2,1-2H3,(H,33,39)(H,37,38)/t24-,25-/m0/s1. The number of aliphatic carboxylic acids is 1. The van der Waals surface area contributed by atoms with E-state index in [-0.39, 0.29) is 37.7 Å². The highest BCUT2D eigenvalue weighted by Crippen LogP contribution is 2.27. The lowest BCUT2D eigenvalue weighted by molar-refractivity contribution is -0.138. The zero-order valence-electron chi connectivity index (χ0n) is 24.9. The number of carbonyl (C=O) groups excluding carboxylic acids is 3. The normalized spacial score (nSPS) is 17.4. The zero-order chi connectivity index (χ0) is 30.8. The predicted octanol–water partition coefficient (Wildman–Crippen LogP) is 3.02. The lowest BCUT2D eigenvalue weighted by atomic mass is 10.1. The van der Waals surface area contributed by atoms with E-state index in [1.54, 1.807) is 23.0 Å². The smallest absolute Gasteiger partial charge is 0.409 e. The number of ether oxygens (including phenoxy) is 2. The molecule has 0 spiro atoms. The van der Waals surface area contributed by atoms with Gasteiger partial charge in [0.1, 0.15) is 11.7 Å². The SMILES string of the molecule is CCCCOC(=O)N1CCN(C(=O)[C@H](CCC(=O)O)NC(=O)c2cc(N3CC[C@H](OC)C3)cc(-c3ccccc3)n2)CC1. The topological polar surface area (TPSA) is 142 Å². The fourth-order valence-electron chi connectivity index (χ4n) is 5.21. The quantitative estimate of drug-likeness (QED) is 0.354. The van der Waals surface area contributed by atoms with Crippen LogP contribution < -0.4 is 10.2 Å². The minimum atomic E-state index is -1.07. The maximum absolute atomic E-state index is 13.6. The Morgan fingerprint density at radius 1 is 1.05 bits per heavy atom. The van der Waals surface area contributed by atoms with E-state index in [0.29, 0.717) is 31.9 Å². The number of benzene rings is 1. The van der Waals surface area contributed by atoms with Crippen LogP contribution in [0.2, 0.25) is 0 Å². The van der Waals surface area contributed by atoms with Gasteiger partial charge in [0, 0.05) is 64.0 Å². The van der Waals surface area contributed by atoms with E-state index in [2.05, 4.69) is 15.2 Å². The molecule has 43 heavy (non-hydrogen) atoms. The van der Waals surface area contributed by atoms with Gasteiger partial charge in [-0.05, 0) is 31.4 Å². The number of amides is 3. The molecule has 0 unspecified atom stereocenters. The number of carbonyl (C=O) groups is 4. The molecule has 0 bridgehead atoms. The minimum Gasteiger partial charge on any atom is -0.481 e. The molecule has 1 aromatic carbocycles. The number of pyridine rings is 1. The molecule has 0 aliphatic carbocycles. The number of carboxylic acids is 1. The molecule has 3 amide bonds. The second-order valence-electron chi connectivity index (χ2n) is 10.8. The van der Waals surface area contributed by atoms with Gasteiger partial charge in [0.2, 0.25) is 5.91 Å². The first-order valence-corrected chi connectivity index (χ1v) is 14.9. The first kappa shape index (κ1) is 31.7. The number of nitrogens with one attached hydrogen (secondary N) is 1. The summed E-state index contributed by atoms with van der Waals surface area (Å²) in [4.78, 5) is 60.7. The summed E-state index contributed by atoms with van der Waals surface area (Å²) in [5, 5.41) is 12.1. The van der Waals surface area contributed by atoms with Crippen LogP contribution in [0.25, 0.3) is 11.3 Å². The summed E-state index contributed by atoms with van der Waals surface area (Å²) < 4.78 is 10.8. The Hall–Kier alpha value is -4.19. The molecular formula is C31H41N5O7. The number of unbranched alkanes of at least 4 members (excludes halogenated alkanes) is 1. The highest BCUT2D eigenvalue weighted by atomic mass is 16.6. The van der Waals surface area contributed by atoms with Crippen molar-refractivity contribution in [3.05, 3.63) is 48.2 Å². The summed E-state index contributed by atoms with van der Waals surface area (Å²) in [6, 6.07) is 12.1. The predicted molar refractivity (Wildman–Crippen MR) is 160 cm³/mol. The lowest BCUT2D eigenvalue weighted by Gasteiger charge is -2.36. The maximum Gasteiger partial charge on any atom is 0.409 e. The van der Waals surface area contributed by atoms with Crippen LogP contribution in [0.4, 0.5) is 10.5 Å². The molecule has 4 rings (SSSR count). The number of methoxy groups -OCH3 is 1. The third-order valence-corrected chi connectivity index (χ3v) is 7.78. The fourth-order valence-corrected chi connectivity index (χ4v) is 5.21. The lowest BCUT2D eigenvalue weighted by Crippen LogP contribution is -2.56. The average molecular weight is 596 g/mol. The highest BCUT2D eigenvalue weighted by Gasteiger charge is 2.32. The van der Waals surface area contributed by atoms with E-state index < -0.39 is 29.9 Å². The van der Waals surface area contributed by atoms with Gasteiger partial charge in [-0.15, -0.1) is 0 Å². The largest absolute Gasteiger partial charge is 0.481 e. The molecule has 3 heterocycles. The Balaban J connectivity index is 1.50. The van der Waals surface area contributed by atoms with Crippen LogP contribution in [0, 0.1) is 0 Å². The number of rotatable bonds is 12. The van der Waals surface area contributed by atoms with Crippen LogP contribution in [0.15, 0.2) is 42.5 Å². The molecule has 2 aromatic rings. The van der Waals surface area contributed by atoms with E-state index in [4.69, 9.17) is 9.47 Å². The molecule has 2 aliphatic rings. The first-order valence-electron chi connectivity index (χ1n) is 14.9. The van der Waals surface area contributed by atoms with E-state index in [9.17, 15) is 24.3 Å². The Morgan fingerprint density at radius 2 is 1.77 bits per heavy atom. The van der Waals surface area contributed by atoms with E-state index in [1.165, 1.54) is 0 Å². The Kier molecular flexibility index (Phi) is 11.3. The molecule has 2 fully saturated rings. The Morgan fingerprint density at radius 3 is 2.42 bits per heavy atom. The molecule has 12 heteroatoms. The van der Waals surface area contributed by atoms with Crippen molar-refractivity contribution in [2.75, 3.05) is 57.9 Å². The summed E-state index contributed by atoms with van der Waals surface area (Å²) in [5.74, 6) is -2.03. The molecule has 232 valence electrons. The van der Waals surface area contributed by atoms with E-state index in [1.807, 2.05) is 43.3 Å². The van der Waals surface area contributed by atoms with Gasteiger partial charge >= 0.3 is 12.1 Å². The Bertz CT molecular complexity index is 1270. The van der Waals surface area contributed by atoms with Crippen LogP contribution in [0.1, 0.15) is 49.5 Å². The number of anilines is 1. The number of hydrogen-bond donors (Lipinski definition) is 2. The van der Waals surface area contributed by atoms with Crippen LogP contribution in [0.5, 0.6) is 0 Å². The molecule has 0 radical (unpaired) electrons. The van der Waals surface area contributed by atoms with Crippen molar-refractivity contribution in [1.82, 2.24) is 20.1 Å². The maximum atomic E-state index is 13.6. The van der Waals surface area contributed by atoms with E-state index in [0.717, 1.165) is 37.1 Å². The fraction of sp³-hybridized carbons (Fsp3) is 0.516. The van der Waals surface area contributed by atoms with Crippen LogP contribution in [-0.2, 0) is 19.1 Å². The third-order valence-electron chi connectivity index (χ3n) is 7.78. The van der Waals surface area contributed by atoms with Crippen molar-refractivity contribution in [2.24, 2.45) is 0 Å². The number of piperazine rings is 1. The van der Waals surface area contributed by atoms with Gasteiger partial charge in [-0.1, -0.05) is 43.7 Å². The second-order valence-corrected chi connectivity index (χ2v) is 10.8. The molecular weight excluding hydrogens is 554 g/mol. The van der Waals surface area contributed by atoms with Crippen LogP contribution in [0.3, 0.4) is 0 Å². The first-order chi connectivity index (χ1) is 20.8. The number of hydrogen-bond acceptors (Lipinski definition) is 8. The minimum absolute atomic E-state index is 0.0773. The van der Waals surface area contributed by atoms with Crippen LogP contribution >= 0.6 is 0 Å². The molecule has 0 saturated carbocycles. The van der Waals surface area contributed by atoms with Crippen molar-refractivity contribution >= 4 is 29.6 Å². The second kappa shape index (κ2) is 15.3. The van der Waals surface area contributed by atoms with Crippen molar-refractivity contribution < 1.29 is 33.8 Å². The van der Waals surface area contributed by atoms with Crippen molar-refractivity contribution in [1.29, 1.82) is 0 Å². The summed E-state index contributed by atoms with van der Waals surface area (Å²) in [5.41, 5.74) is 2.39. The highest BCUT2D eigenvalue weighted by molar-refractivity contribution is 5.97. The van der Waals surface area contributed by atoms with Gasteiger partial charge in [-0.2, -0.15) is 0 Å². The van der Waals surface area contributed by atoms with Crippen molar-refractivity contribution in [2.45, 2.75) is 51.2 Å². The van der Waals surface area contributed by atoms with Gasteiger partial charge in [0.15, 0.2) is 0 Å². The number of nitrogens with zero attached hydrogens (tertiary/aromatic N) is 4. The number of aromatic nitrogens is 1. The van der Waals surface area contributed by atoms with Crippen LogP contribution in [-0.4, -0.2) is 109 Å². The van der Waals surface area contributed by atoms with Gasteiger partial charge in [0.05, 0.1) is 18.4 Å². The molecule has 2 aliphatic heterocycles. The van der Waals surface area contributed by atoms with Gasteiger partial charge in [-0.3, -0.25) is 14.4 Å². The molecule has 2 saturated heterocycles. The monoisotopic (exact) mass is 595 g/mol. The summed E-state index contributed by atoms with van der Waals surface area (Å²) in [6.07, 6.45) is 1.86. The molecule has 2 N–H and O–H groups in total. The van der Waals surface area contributed by atoms with Gasteiger partial charge < -0.3 is 34.6 Å². The molecule has 1 aromatic heterocycles. The number of carboxylic acid groups (broad SMARTS) is 1. The molecule has 2 atom stereocenters. The zero-order valence-corrected chi connectivity index (χ0v) is 24.9. The van der Waals surface area contributed by atoms with E-state index >= 15 is 0 Å². The Labute approximate surface area is 251 Å². The molecule has 12 nitrogen and oxygen atoms in total. The van der Waals surface area contributed by atoms with Gasteiger partial charge in [0.25, 0.3) is 5.91 Å². The van der Waals surface area contributed by atoms with Crippen molar-refractivity contribution in [3.63, 3.8) is 0 Å². The van der Waals surface area contributed by atoms with Gasteiger partial charge in [-0.25, -0.2) is 9.78 Å². The van der Waals surface area contributed by atoms with Crippen molar-refractivity contribution in [3.8, 4) is 11.3 Å². The average Bonchev–Trinajstić information content (AvgIpc) is 3.52. The summed E-state index contributed by atoms with van der Waals surface area (Å²) >= 11 is 0.